The predicted molar refractivity (Wildman–Crippen MR) is 140 cm³/mol. The van der Waals surface area contributed by atoms with Gasteiger partial charge in [-0.15, -0.1) is 0 Å². The third-order valence-corrected chi connectivity index (χ3v) is 6.01. The summed E-state index contributed by atoms with van der Waals surface area (Å²) in [7, 11) is 3.12. The van der Waals surface area contributed by atoms with Crippen molar-refractivity contribution in [2.45, 2.75) is 44.9 Å². The van der Waals surface area contributed by atoms with E-state index in [0.29, 0.717) is 28.6 Å². The molecule has 0 fully saturated rings. The molecule has 0 saturated carbocycles. The lowest BCUT2D eigenvalue weighted by atomic mass is 10.0. The number of para-hydroxylation sites is 1. The summed E-state index contributed by atoms with van der Waals surface area (Å²) in [6.07, 6.45) is -0.502. The maximum Gasteiger partial charge on any atom is 0.323 e. The average Bonchev–Trinajstić information content (AvgIpc) is 3.20. The number of aliphatic imine (C=N–C) groups is 1. The molecule has 0 aliphatic carbocycles. The summed E-state index contributed by atoms with van der Waals surface area (Å²) >= 11 is 0. The number of carboxylic acids is 1. The Bertz CT molecular complexity index is 1180. The number of hydrogen-bond acceptors (Lipinski definition) is 7. The second kappa shape index (κ2) is 12.2. The number of rotatable bonds is 10. The molecule has 3 unspecified atom stereocenters. The highest BCUT2D eigenvalue weighted by molar-refractivity contribution is 6.01. The van der Waals surface area contributed by atoms with Crippen LogP contribution in [0.15, 0.2) is 47.5 Å². The van der Waals surface area contributed by atoms with Crippen molar-refractivity contribution < 1.29 is 29.0 Å². The predicted octanol–water partition coefficient (Wildman–Crippen LogP) is 2.64. The molecule has 0 radical (unpaired) electrons. The maximum absolute atomic E-state index is 12.8. The molecule has 3 rings (SSSR count). The summed E-state index contributed by atoms with van der Waals surface area (Å²) in [5, 5.41) is 14.5. The maximum atomic E-state index is 12.8. The molecule has 1 aliphatic heterocycles. The third kappa shape index (κ3) is 7.43. The van der Waals surface area contributed by atoms with E-state index in [9.17, 15) is 14.4 Å². The summed E-state index contributed by atoms with van der Waals surface area (Å²) in [5.41, 5.74) is 8.74. The fourth-order valence-electron chi connectivity index (χ4n) is 3.97. The minimum atomic E-state index is -1.00. The second-order valence-electron chi connectivity index (χ2n) is 8.95. The van der Waals surface area contributed by atoms with Gasteiger partial charge in [0.05, 0.1) is 32.2 Å². The molecular weight excluding hydrogens is 478 g/mol. The van der Waals surface area contributed by atoms with Crippen LogP contribution in [0, 0.1) is 6.92 Å². The first-order valence-electron chi connectivity index (χ1n) is 11.8. The molecule has 0 aromatic heterocycles. The van der Waals surface area contributed by atoms with E-state index in [1.165, 1.54) is 12.0 Å². The zero-order valence-corrected chi connectivity index (χ0v) is 21.4. The Morgan fingerprint density at radius 3 is 2.57 bits per heavy atom. The molecule has 198 valence electrons. The van der Waals surface area contributed by atoms with Crippen LogP contribution in [0.1, 0.15) is 24.5 Å². The molecule has 2 aromatic carbocycles. The van der Waals surface area contributed by atoms with Crippen molar-refractivity contribution >= 4 is 35.2 Å². The van der Waals surface area contributed by atoms with Gasteiger partial charge in [-0.3, -0.25) is 9.59 Å². The van der Waals surface area contributed by atoms with E-state index < -0.39 is 24.1 Å². The van der Waals surface area contributed by atoms with E-state index in [4.69, 9.17) is 20.3 Å². The SMILES string of the molecule is COc1cc(CC(=O)N(C)CC2=NC(C(N)CC(=O)O)C(C)O2)ccc1NC(=O)Nc1ccccc1C. The zero-order valence-electron chi connectivity index (χ0n) is 21.4. The molecule has 2 aromatic rings. The molecule has 11 nitrogen and oxygen atoms in total. The van der Waals surface area contributed by atoms with Gasteiger partial charge < -0.3 is 35.8 Å². The highest BCUT2D eigenvalue weighted by Crippen LogP contribution is 2.27. The van der Waals surface area contributed by atoms with Crippen LogP contribution in [0.5, 0.6) is 5.75 Å². The number of carbonyl (C=O) groups excluding carboxylic acids is 2. The zero-order chi connectivity index (χ0) is 27.1. The number of hydrogen-bond donors (Lipinski definition) is 4. The van der Waals surface area contributed by atoms with Crippen molar-refractivity contribution in [1.82, 2.24) is 4.90 Å². The molecule has 3 amide bonds. The Morgan fingerprint density at radius 1 is 1.19 bits per heavy atom. The molecule has 3 atom stereocenters. The van der Waals surface area contributed by atoms with Crippen molar-refractivity contribution in [3.05, 3.63) is 53.6 Å². The fraction of sp³-hybridized carbons (Fsp3) is 0.385. The molecule has 0 bridgehead atoms. The summed E-state index contributed by atoms with van der Waals surface area (Å²) in [5.74, 6) is -0.428. The number of carbonyl (C=O) groups is 3. The Kier molecular flexibility index (Phi) is 9.07. The van der Waals surface area contributed by atoms with E-state index in [1.54, 1.807) is 32.2 Å². The van der Waals surface area contributed by atoms with Crippen molar-refractivity contribution in [3.63, 3.8) is 0 Å². The number of likely N-dealkylation sites (N-methyl/N-ethyl adjacent to an activating group) is 1. The fourth-order valence-corrected chi connectivity index (χ4v) is 3.97. The number of benzene rings is 2. The van der Waals surface area contributed by atoms with Gasteiger partial charge >= 0.3 is 12.0 Å². The highest BCUT2D eigenvalue weighted by atomic mass is 16.5. The van der Waals surface area contributed by atoms with E-state index >= 15 is 0 Å². The summed E-state index contributed by atoms with van der Waals surface area (Å²) in [6, 6.07) is 11.0. The lowest BCUT2D eigenvalue weighted by molar-refractivity contribution is -0.137. The van der Waals surface area contributed by atoms with Gasteiger partial charge in [0, 0.05) is 18.8 Å². The Morgan fingerprint density at radius 2 is 1.89 bits per heavy atom. The number of amides is 3. The number of methoxy groups -OCH3 is 1. The van der Waals surface area contributed by atoms with Crippen LogP contribution in [-0.2, 0) is 20.7 Å². The van der Waals surface area contributed by atoms with E-state index in [1.807, 2.05) is 31.2 Å². The van der Waals surface area contributed by atoms with Gasteiger partial charge in [-0.2, -0.15) is 0 Å². The lowest BCUT2D eigenvalue weighted by Crippen LogP contribution is -2.40. The minimum absolute atomic E-state index is 0.0906. The van der Waals surface area contributed by atoms with Crippen molar-refractivity contribution in [2.24, 2.45) is 10.7 Å². The highest BCUT2D eigenvalue weighted by Gasteiger charge is 2.33. The topological polar surface area (TPSA) is 156 Å². The number of aliphatic carboxylic acids is 1. The Hall–Kier alpha value is -4.12. The Labute approximate surface area is 215 Å². The van der Waals surface area contributed by atoms with Crippen LogP contribution in [-0.4, -0.2) is 72.7 Å². The van der Waals surface area contributed by atoms with Gasteiger partial charge in [0.1, 0.15) is 17.9 Å². The van der Waals surface area contributed by atoms with Gasteiger partial charge in [0.15, 0.2) is 0 Å². The number of nitrogens with zero attached hydrogens (tertiary/aromatic N) is 2. The molecule has 0 spiro atoms. The first kappa shape index (κ1) is 27.5. The normalized spacial score (nSPS) is 17.3. The first-order valence-corrected chi connectivity index (χ1v) is 11.8. The van der Waals surface area contributed by atoms with Crippen LogP contribution < -0.4 is 21.1 Å². The number of urea groups is 1. The summed E-state index contributed by atoms with van der Waals surface area (Å²) in [4.78, 5) is 42.1. The third-order valence-electron chi connectivity index (χ3n) is 6.01. The average molecular weight is 512 g/mol. The number of ether oxygens (including phenoxy) is 2. The van der Waals surface area contributed by atoms with Gasteiger partial charge in [0.25, 0.3) is 0 Å². The van der Waals surface area contributed by atoms with Crippen molar-refractivity contribution in [3.8, 4) is 5.75 Å². The number of anilines is 2. The number of carboxylic acid groups (broad SMARTS) is 1. The molecule has 1 heterocycles. The van der Waals surface area contributed by atoms with Crippen molar-refractivity contribution in [2.75, 3.05) is 31.3 Å². The summed E-state index contributed by atoms with van der Waals surface area (Å²) < 4.78 is 11.1. The molecule has 0 saturated heterocycles. The monoisotopic (exact) mass is 511 g/mol. The number of nitrogens with two attached hydrogens (primary N) is 1. The van der Waals surface area contributed by atoms with Gasteiger partial charge in [-0.25, -0.2) is 9.79 Å². The lowest BCUT2D eigenvalue weighted by Gasteiger charge is -2.19. The smallest absolute Gasteiger partial charge is 0.323 e. The standard InChI is InChI=1S/C26H33N5O6/c1-15-7-5-6-8-19(15)28-26(35)29-20-10-9-17(11-21(20)36-4)12-23(32)31(3)14-22-30-25(16(2)37-22)18(27)13-24(33)34/h5-11,16,18,25H,12-14,27H2,1-4H3,(H,33,34)(H2,28,29,35). The van der Waals surface area contributed by atoms with Gasteiger partial charge in [0.2, 0.25) is 11.8 Å². The van der Waals surface area contributed by atoms with Gasteiger partial charge in [-0.1, -0.05) is 24.3 Å². The molecule has 1 aliphatic rings. The largest absolute Gasteiger partial charge is 0.495 e. The van der Waals surface area contributed by atoms with E-state index in [2.05, 4.69) is 15.6 Å². The molecular formula is C26H33N5O6. The molecule has 5 N–H and O–H groups in total. The number of aryl methyl sites for hydroxylation is 1. The van der Waals surface area contributed by atoms with Gasteiger partial charge in [-0.05, 0) is 43.2 Å². The van der Waals surface area contributed by atoms with Crippen LogP contribution >= 0.6 is 0 Å². The molecule has 11 heteroatoms. The number of nitrogens with one attached hydrogen (secondary N) is 2. The van der Waals surface area contributed by atoms with Crippen LogP contribution in [0.4, 0.5) is 16.2 Å². The van der Waals surface area contributed by atoms with Crippen LogP contribution in [0.3, 0.4) is 0 Å². The quantitative estimate of drug-likeness (QED) is 0.382. The second-order valence-corrected chi connectivity index (χ2v) is 8.95. The Balaban J connectivity index is 1.59. The van der Waals surface area contributed by atoms with Crippen LogP contribution in [0.2, 0.25) is 0 Å². The van der Waals surface area contributed by atoms with E-state index in [-0.39, 0.29) is 31.4 Å². The molecule has 37 heavy (non-hydrogen) atoms. The minimum Gasteiger partial charge on any atom is -0.495 e. The summed E-state index contributed by atoms with van der Waals surface area (Å²) in [6.45, 7) is 3.81. The first-order chi connectivity index (χ1) is 17.6. The van der Waals surface area contributed by atoms with Crippen LogP contribution in [0.25, 0.3) is 0 Å². The van der Waals surface area contributed by atoms with Crippen molar-refractivity contribution in [1.29, 1.82) is 0 Å². The van der Waals surface area contributed by atoms with E-state index in [0.717, 1.165) is 5.56 Å².